The minimum atomic E-state index is -0.942. The van der Waals surface area contributed by atoms with Crippen LogP contribution in [0.25, 0.3) is 11.0 Å². The highest BCUT2D eigenvalue weighted by Gasteiger charge is 2.15. The van der Waals surface area contributed by atoms with Gasteiger partial charge in [-0.15, -0.1) is 0 Å². The van der Waals surface area contributed by atoms with E-state index in [-0.39, 0.29) is 16.8 Å². The van der Waals surface area contributed by atoms with E-state index in [2.05, 4.69) is 10.3 Å². The molecule has 1 heterocycles. The molecular formula is C20H17F2N3O4. The number of nitrogens with one attached hydrogen (secondary N) is 1. The van der Waals surface area contributed by atoms with Crippen LogP contribution in [-0.2, 0) is 16.1 Å². The maximum absolute atomic E-state index is 13.6. The molecule has 0 aliphatic carbocycles. The molecule has 0 fully saturated rings. The number of carbonyl (C=O) groups is 2. The molecule has 0 aliphatic heterocycles. The van der Waals surface area contributed by atoms with Gasteiger partial charge in [-0.3, -0.25) is 9.59 Å². The molecule has 3 rings (SSSR count). The fraction of sp³-hybridized carbons (Fsp3) is 0.200. The van der Waals surface area contributed by atoms with Gasteiger partial charge in [-0.1, -0.05) is 0 Å². The zero-order chi connectivity index (χ0) is 21.1. The average Bonchev–Trinajstić information content (AvgIpc) is 2.69. The molecule has 2 aromatic carbocycles. The number of carbonyl (C=O) groups excluding carboxylic acids is 2. The number of rotatable bonds is 5. The highest BCUT2D eigenvalue weighted by atomic mass is 19.1. The Kier molecular flexibility index (Phi) is 5.67. The highest BCUT2D eigenvalue weighted by Crippen LogP contribution is 2.16. The van der Waals surface area contributed by atoms with Crippen LogP contribution in [0.4, 0.5) is 14.5 Å². The first-order valence-electron chi connectivity index (χ1n) is 8.73. The van der Waals surface area contributed by atoms with Gasteiger partial charge in [-0.05, 0) is 44.2 Å². The Bertz CT molecular complexity index is 1170. The lowest BCUT2D eigenvalue weighted by Gasteiger charge is -2.10. The number of fused-ring (bicyclic) bond motifs is 1. The van der Waals surface area contributed by atoms with Crippen molar-refractivity contribution in [3.8, 4) is 0 Å². The van der Waals surface area contributed by atoms with Gasteiger partial charge in [0.1, 0.15) is 17.3 Å². The Labute approximate surface area is 163 Å². The minimum Gasteiger partial charge on any atom is -0.452 e. The van der Waals surface area contributed by atoms with Crippen molar-refractivity contribution in [3.63, 3.8) is 0 Å². The summed E-state index contributed by atoms with van der Waals surface area (Å²) in [5.41, 5.74) is 1.02. The summed E-state index contributed by atoms with van der Waals surface area (Å²) in [6.07, 6.45) is 0. The van der Waals surface area contributed by atoms with Crippen LogP contribution < -0.4 is 10.9 Å². The maximum atomic E-state index is 13.6. The number of amides is 1. The van der Waals surface area contributed by atoms with Crippen molar-refractivity contribution in [2.45, 2.75) is 20.4 Å². The monoisotopic (exact) mass is 401 g/mol. The molecule has 0 spiro atoms. The van der Waals surface area contributed by atoms with Crippen molar-refractivity contribution in [3.05, 3.63) is 69.6 Å². The minimum absolute atomic E-state index is 0.145. The molecule has 29 heavy (non-hydrogen) atoms. The predicted molar refractivity (Wildman–Crippen MR) is 102 cm³/mol. The van der Waals surface area contributed by atoms with E-state index in [1.165, 1.54) is 16.7 Å². The summed E-state index contributed by atoms with van der Waals surface area (Å²) in [5, 5.41) is 2.19. The lowest BCUT2D eigenvalue weighted by atomic mass is 10.2. The topological polar surface area (TPSA) is 90.3 Å². The Morgan fingerprint density at radius 3 is 2.62 bits per heavy atom. The van der Waals surface area contributed by atoms with Crippen LogP contribution in [0.15, 0.2) is 41.2 Å². The molecule has 1 N–H and O–H groups in total. The zero-order valence-electron chi connectivity index (χ0n) is 15.7. The second-order valence-electron chi connectivity index (χ2n) is 6.20. The number of aryl methyl sites for hydroxylation is 2. The number of halogens is 2. The zero-order valence-corrected chi connectivity index (χ0v) is 15.7. The average molecular weight is 401 g/mol. The van der Waals surface area contributed by atoms with Crippen molar-refractivity contribution >= 4 is 28.6 Å². The molecule has 0 aliphatic rings. The summed E-state index contributed by atoms with van der Waals surface area (Å²) in [5.74, 6) is -3.28. The third-order valence-electron chi connectivity index (χ3n) is 4.20. The second-order valence-corrected chi connectivity index (χ2v) is 6.20. The fourth-order valence-electron chi connectivity index (χ4n) is 2.81. The normalized spacial score (nSPS) is 10.8. The molecule has 150 valence electrons. The van der Waals surface area contributed by atoms with Crippen LogP contribution in [-0.4, -0.2) is 28.0 Å². The molecule has 0 unspecified atom stereocenters. The molecule has 1 amide bonds. The van der Waals surface area contributed by atoms with Gasteiger partial charge < -0.3 is 14.6 Å². The van der Waals surface area contributed by atoms with Gasteiger partial charge in [0.15, 0.2) is 6.61 Å². The molecule has 0 bridgehead atoms. The van der Waals surface area contributed by atoms with Gasteiger partial charge in [-0.25, -0.2) is 18.6 Å². The molecule has 0 radical (unpaired) electrons. The van der Waals surface area contributed by atoms with Gasteiger partial charge >= 0.3 is 5.97 Å². The van der Waals surface area contributed by atoms with Gasteiger partial charge in [0, 0.05) is 12.6 Å². The third-order valence-corrected chi connectivity index (χ3v) is 4.20. The van der Waals surface area contributed by atoms with Crippen LogP contribution >= 0.6 is 0 Å². The number of hydrogen-bond acceptors (Lipinski definition) is 5. The van der Waals surface area contributed by atoms with Crippen molar-refractivity contribution in [2.24, 2.45) is 0 Å². The lowest BCUT2D eigenvalue weighted by molar-refractivity contribution is -0.119. The van der Waals surface area contributed by atoms with Crippen LogP contribution in [0.2, 0.25) is 0 Å². The van der Waals surface area contributed by atoms with Gasteiger partial charge in [0.2, 0.25) is 0 Å². The molecule has 0 saturated carbocycles. The van der Waals surface area contributed by atoms with Crippen molar-refractivity contribution in [1.29, 1.82) is 0 Å². The molecule has 7 nitrogen and oxygen atoms in total. The highest BCUT2D eigenvalue weighted by molar-refractivity contribution is 5.97. The van der Waals surface area contributed by atoms with E-state index >= 15 is 0 Å². The molecule has 0 atom stereocenters. The van der Waals surface area contributed by atoms with E-state index in [9.17, 15) is 23.2 Å². The standard InChI is InChI=1S/C20H17F2N3O4/c1-3-25-17-7-4-12(8-16(17)23-11(2)19(25)27)20(28)29-10-18(26)24-15-6-5-13(21)9-14(15)22/h4-9H,3,10H2,1-2H3,(H,24,26). The van der Waals surface area contributed by atoms with E-state index in [0.29, 0.717) is 29.3 Å². The van der Waals surface area contributed by atoms with E-state index in [0.717, 1.165) is 12.1 Å². The summed E-state index contributed by atoms with van der Waals surface area (Å²) in [4.78, 5) is 40.4. The Morgan fingerprint density at radius 2 is 1.93 bits per heavy atom. The summed E-state index contributed by atoms with van der Waals surface area (Å²) in [7, 11) is 0. The number of aromatic nitrogens is 2. The summed E-state index contributed by atoms with van der Waals surface area (Å²) in [6, 6.07) is 7.19. The molecular weight excluding hydrogens is 384 g/mol. The first-order valence-corrected chi connectivity index (χ1v) is 8.73. The van der Waals surface area contributed by atoms with Crippen LogP contribution in [0.5, 0.6) is 0 Å². The van der Waals surface area contributed by atoms with E-state index in [1.807, 2.05) is 6.92 Å². The Hall–Kier alpha value is -3.62. The largest absolute Gasteiger partial charge is 0.452 e. The number of esters is 1. The molecule has 9 heteroatoms. The SMILES string of the molecule is CCn1c(=O)c(C)nc2cc(C(=O)OCC(=O)Nc3ccc(F)cc3F)ccc21. The van der Waals surface area contributed by atoms with E-state index in [4.69, 9.17) is 4.74 Å². The molecule has 1 aromatic heterocycles. The van der Waals surface area contributed by atoms with E-state index in [1.54, 1.807) is 13.0 Å². The van der Waals surface area contributed by atoms with E-state index < -0.39 is 30.1 Å². The Balaban J connectivity index is 1.72. The molecule has 3 aromatic rings. The predicted octanol–water partition coefficient (Wildman–Crippen LogP) is 2.80. The van der Waals surface area contributed by atoms with Gasteiger partial charge in [0.05, 0.1) is 22.3 Å². The maximum Gasteiger partial charge on any atom is 0.338 e. The quantitative estimate of drug-likeness (QED) is 0.664. The molecule has 0 saturated heterocycles. The third kappa shape index (κ3) is 4.29. The van der Waals surface area contributed by atoms with Crippen molar-refractivity contribution in [2.75, 3.05) is 11.9 Å². The van der Waals surface area contributed by atoms with Gasteiger partial charge in [0.25, 0.3) is 11.5 Å². The first kappa shape index (κ1) is 20.1. The van der Waals surface area contributed by atoms with Crippen LogP contribution in [0, 0.1) is 18.6 Å². The lowest BCUT2D eigenvalue weighted by Crippen LogP contribution is -2.24. The first-order chi connectivity index (χ1) is 13.8. The summed E-state index contributed by atoms with van der Waals surface area (Å²) in [6.45, 7) is 3.19. The van der Waals surface area contributed by atoms with Crippen molar-refractivity contribution in [1.82, 2.24) is 9.55 Å². The van der Waals surface area contributed by atoms with Crippen molar-refractivity contribution < 1.29 is 23.1 Å². The number of hydrogen-bond donors (Lipinski definition) is 1. The number of ether oxygens (including phenoxy) is 1. The van der Waals surface area contributed by atoms with Gasteiger partial charge in [-0.2, -0.15) is 0 Å². The smallest absolute Gasteiger partial charge is 0.338 e. The number of benzene rings is 2. The number of anilines is 1. The number of nitrogens with zero attached hydrogens (tertiary/aromatic N) is 2. The second kappa shape index (κ2) is 8.17. The van der Waals surface area contributed by atoms with Crippen LogP contribution in [0.1, 0.15) is 23.0 Å². The van der Waals surface area contributed by atoms with Crippen LogP contribution in [0.3, 0.4) is 0 Å². The fourth-order valence-corrected chi connectivity index (χ4v) is 2.81. The summed E-state index contributed by atoms with van der Waals surface area (Å²) < 4.78 is 32.9. The Morgan fingerprint density at radius 1 is 1.17 bits per heavy atom. The summed E-state index contributed by atoms with van der Waals surface area (Å²) >= 11 is 0.